The van der Waals surface area contributed by atoms with E-state index in [1.807, 2.05) is 56.4 Å². The Morgan fingerprint density at radius 1 is 0.938 bits per heavy atom. The first-order valence-corrected chi connectivity index (χ1v) is 10.8. The van der Waals surface area contributed by atoms with Gasteiger partial charge in [0.05, 0.1) is 13.2 Å². The van der Waals surface area contributed by atoms with Gasteiger partial charge in [0.25, 0.3) is 5.91 Å². The molecule has 1 amide bonds. The van der Waals surface area contributed by atoms with Crippen LogP contribution in [0, 0.1) is 0 Å². The van der Waals surface area contributed by atoms with Crippen molar-refractivity contribution in [3.05, 3.63) is 95.7 Å². The quantitative estimate of drug-likeness (QED) is 0.388. The van der Waals surface area contributed by atoms with Gasteiger partial charge in [-0.2, -0.15) is 0 Å². The van der Waals surface area contributed by atoms with Crippen molar-refractivity contribution in [2.24, 2.45) is 0 Å². The van der Waals surface area contributed by atoms with Crippen LogP contribution in [0.2, 0.25) is 0 Å². The van der Waals surface area contributed by atoms with Crippen LogP contribution in [0.1, 0.15) is 41.3 Å². The SMILES string of the molecule is COc1ccc([C@H](CNC(=O)c2ccc(OC(C)C)cc2)c2c[nH]c3ccccc23)cc1. The highest BCUT2D eigenvalue weighted by Gasteiger charge is 2.19. The van der Waals surface area contributed by atoms with Crippen LogP contribution in [0.3, 0.4) is 0 Å². The molecule has 5 heteroatoms. The number of carbonyl (C=O) groups is 1. The van der Waals surface area contributed by atoms with E-state index in [1.165, 1.54) is 0 Å². The number of hydrogen-bond acceptors (Lipinski definition) is 3. The largest absolute Gasteiger partial charge is 0.497 e. The minimum atomic E-state index is -0.112. The molecule has 4 aromatic rings. The van der Waals surface area contributed by atoms with E-state index < -0.39 is 0 Å². The molecule has 0 aliphatic rings. The maximum Gasteiger partial charge on any atom is 0.251 e. The number of aromatic nitrogens is 1. The molecule has 1 heterocycles. The van der Waals surface area contributed by atoms with E-state index in [9.17, 15) is 4.79 Å². The van der Waals surface area contributed by atoms with Gasteiger partial charge >= 0.3 is 0 Å². The first-order valence-electron chi connectivity index (χ1n) is 10.8. The fraction of sp³-hybridized carbons (Fsp3) is 0.222. The summed E-state index contributed by atoms with van der Waals surface area (Å²) in [5, 5.41) is 4.27. The first kappa shape index (κ1) is 21.5. The third-order valence-corrected chi connectivity index (χ3v) is 5.47. The summed E-state index contributed by atoms with van der Waals surface area (Å²) in [6.07, 6.45) is 2.13. The molecule has 164 valence electrons. The molecule has 0 fully saturated rings. The second-order valence-electron chi connectivity index (χ2n) is 8.02. The van der Waals surface area contributed by atoms with Gasteiger partial charge in [-0.1, -0.05) is 30.3 Å². The lowest BCUT2D eigenvalue weighted by molar-refractivity contribution is 0.0952. The summed E-state index contributed by atoms with van der Waals surface area (Å²) >= 11 is 0. The smallest absolute Gasteiger partial charge is 0.251 e. The number of carbonyl (C=O) groups excluding carboxylic acids is 1. The molecule has 5 nitrogen and oxygen atoms in total. The second kappa shape index (κ2) is 9.60. The highest BCUT2D eigenvalue weighted by atomic mass is 16.5. The van der Waals surface area contributed by atoms with Gasteiger partial charge < -0.3 is 19.8 Å². The number of hydrogen-bond donors (Lipinski definition) is 2. The van der Waals surface area contributed by atoms with Crippen molar-refractivity contribution in [1.82, 2.24) is 10.3 Å². The monoisotopic (exact) mass is 428 g/mol. The van der Waals surface area contributed by atoms with Crippen LogP contribution in [-0.2, 0) is 0 Å². The minimum absolute atomic E-state index is 0.00967. The maximum atomic E-state index is 12.9. The highest BCUT2D eigenvalue weighted by Crippen LogP contribution is 2.31. The molecule has 1 aromatic heterocycles. The average Bonchev–Trinajstić information content (AvgIpc) is 3.23. The molecule has 2 N–H and O–H groups in total. The Bertz CT molecular complexity index is 1180. The van der Waals surface area contributed by atoms with Gasteiger partial charge in [0.1, 0.15) is 11.5 Å². The summed E-state index contributed by atoms with van der Waals surface area (Å²) < 4.78 is 11.0. The average molecular weight is 429 g/mol. The van der Waals surface area contributed by atoms with Gasteiger partial charge in [0, 0.05) is 35.1 Å². The number of nitrogens with one attached hydrogen (secondary N) is 2. The lowest BCUT2D eigenvalue weighted by Gasteiger charge is -2.19. The van der Waals surface area contributed by atoms with E-state index in [0.717, 1.165) is 33.5 Å². The van der Waals surface area contributed by atoms with E-state index in [2.05, 4.69) is 34.6 Å². The van der Waals surface area contributed by atoms with Crippen molar-refractivity contribution in [3.63, 3.8) is 0 Å². The van der Waals surface area contributed by atoms with Crippen molar-refractivity contribution in [2.75, 3.05) is 13.7 Å². The Balaban J connectivity index is 1.57. The van der Waals surface area contributed by atoms with Crippen LogP contribution in [0.5, 0.6) is 11.5 Å². The number of methoxy groups -OCH3 is 1. The molecular formula is C27H28N2O3. The molecule has 0 unspecified atom stereocenters. The molecule has 0 aliphatic carbocycles. The van der Waals surface area contributed by atoms with Gasteiger partial charge in [-0.05, 0) is 67.4 Å². The topological polar surface area (TPSA) is 63.4 Å². The maximum absolute atomic E-state index is 12.9. The Morgan fingerprint density at radius 3 is 2.31 bits per heavy atom. The van der Waals surface area contributed by atoms with Crippen molar-refractivity contribution < 1.29 is 14.3 Å². The van der Waals surface area contributed by atoms with E-state index in [1.54, 1.807) is 19.2 Å². The number of para-hydroxylation sites is 1. The highest BCUT2D eigenvalue weighted by molar-refractivity contribution is 5.94. The summed E-state index contributed by atoms with van der Waals surface area (Å²) in [4.78, 5) is 16.2. The predicted molar refractivity (Wildman–Crippen MR) is 128 cm³/mol. The lowest BCUT2D eigenvalue weighted by atomic mass is 9.90. The molecule has 4 rings (SSSR count). The van der Waals surface area contributed by atoms with Crippen LogP contribution in [0.25, 0.3) is 10.9 Å². The molecule has 0 aliphatic heterocycles. The molecule has 0 saturated carbocycles. The number of ether oxygens (including phenoxy) is 2. The number of aromatic amines is 1. The van der Waals surface area contributed by atoms with E-state index in [-0.39, 0.29) is 17.9 Å². The molecule has 32 heavy (non-hydrogen) atoms. The third kappa shape index (κ3) is 4.78. The predicted octanol–water partition coefficient (Wildman–Crippen LogP) is 5.53. The molecule has 0 saturated heterocycles. The third-order valence-electron chi connectivity index (χ3n) is 5.47. The second-order valence-corrected chi connectivity index (χ2v) is 8.02. The van der Waals surface area contributed by atoms with Gasteiger partial charge in [-0.25, -0.2) is 0 Å². The van der Waals surface area contributed by atoms with Gasteiger partial charge in [0.15, 0.2) is 0 Å². The first-order chi connectivity index (χ1) is 15.5. The van der Waals surface area contributed by atoms with Crippen molar-refractivity contribution in [1.29, 1.82) is 0 Å². The van der Waals surface area contributed by atoms with Gasteiger partial charge in [-0.3, -0.25) is 4.79 Å². The van der Waals surface area contributed by atoms with Crippen LogP contribution in [0.15, 0.2) is 79.0 Å². The van der Waals surface area contributed by atoms with Crippen LogP contribution < -0.4 is 14.8 Å². The van der Waals surface area contributed by atoms with Gasteiger partial charge in [-0.15, -0.1) is 0 Å². The standard InChI is InChI=1S/C27H28N2O3/c1-18(2)32-22-14-10-20(11-15-22)27(30)29-16-24(19-8-12-21(31-3)13-9-19)25-17-28-26-7-5-4-6-23(25)26/h4-15,17-18,24,28H,16H2,1-3H3,(H,29,30)/t24-/m0/s1. The summed E-state index contributed by atoms with van der Waals surface area (Å²) in [7, 11) is 1.66. The molecule has 1 atom stereocenters. The fourth-order valence-corrected chi connectivity index (χ4v) is 3.88. The molecule has 0 spiro atoms. The van der Waals surface area contributed by atoms with Crippen molar-refractivity contribution >= 4 is 16.8 Å². The molecular weight excluding hydrogens is 400 g/mol. The van der Waals surface area contributed by atoms with Crippen LogP contribution in [-0.4, -0.2) is 30.6 Å². The molecule has 0 bridgehead atoms. The van der Waals surface area contributed by atoms with E-state index in [4.69, 9.17) is 9.47 Å². The number of fused-ring (bicyclic) bond motifs is 1. The molecule has 0 radical (unpaired) electrons. The van der Waals surface area contributed by atoms with Crippen LogP contribution in [0.4, 0.5) is 0 Å². The summed E-state index contributed by atoms with van der Waals surface area (Å²) in [6.45, 7) is 4.42. The Hall–Kier alpha value is -3.73. The van der Waals surface area contributed by atoms with Crippen molar-refractivity contribution in [2.45, 2.75) is 25.9 Å². The summed E-state index contributed by atoms with van der Waals surface area (Å²) in [5.41, 5.74) is 3.94. The Labute approximate surface area is 188 Å². The fourth-order valence-electron chi connectivity index (χ4n) is 3.88. The van der Waals surface area contributed by atoms with E-state index >= 15 is 0 Å². The minimum Gasteiger partial charge on any atom is -0.497 e. The summed E-state index contributed by atoms with van der Waals surface area (Å²) in [5.74, 6) is 1.44. The number of H-pyrrole nitrogens is 1. The van der Waals surface area contributed by atoms with E-state index in [0.29, 0.717) is 12.1 Å². The van der Waals surface area contributed by atoms with Gasteiger partial charge in [0.2, 0.25) is 0 Å². The molecule has 3 aromatic carbocycles. The number of amides is 1. The van der Waals surface area contributed by atoms with Crippen molar-refractivity contribution in [3.8, 4) is 11.5 Å². The number of benzene rings is 3. The number of rotatable bonds is 8. The zero-order chi connectivity index (χ0) is 22.5. The van der Waals surface area contributed by atoms with Crippen LogP contribution >= 0.6 is 0 Å². The normalized spacial score (nSPS) is 12.0. The summed E-state index contributed by atoms with van der Waals surface area (Å²) in [6, 6.07) is 23.5. The Kier molecular flexibility index (Phi) is 6.45. The zero-order valence-corrected chi connectivity index (χ0v) is 18.6. The zero-order valence-electron chi connectivity index (χ0n) is 18.6. The Morgan fingerprint density at radius 2 is 1.62 bits per heavy atom. The lowest BCUT2D eigenvalue weighted by Crippen LogP contribution is -2.28.